The number of para-hydroxylation sites is 1. The lowest BCUT2D eigenvalue weighted by atomic mass is 9.77. The zero-order chi connectivity index (χ0) is 56.6. The van der Waals surface area contributed by atoms with Gasteiger partial charge in [0, 0.05) is 119 Å². The Bertz CT molecular complexity index is 3510. The Kier molecular flexibility index (Phi) is 29.1. The SMILES string of the molecule is CC#CC#CC#CC#CC#CC#CC#CC#CC#CC#CC#CC#CC#CC#CC#CC.CC(C)(C)C1C#CCCCCC1.CC(C)(C)CC1[C@H]2CCC#CCC[C@@H]12.CC(C)(C)N1Cc2ccccc2C#Cc2ccccc21. The molecule has 1 aliphatic heterocycles. The van der Waals surface area contributed by atoms with Gasteiger partial charge in [0.25, 0.3) is 0 Å². The highest BCUT2D eigenvalue weighted by molar-refractivity contribution is 5.65. The van der Waals surface area contributed by atoms with E-state index < -0.39 is 0 Å². The average molecular weight is 1010 g/mol. The van der Waals surface area contributed by atoms with Gasteiger partial charge in [-0.1, -0.05) is 114 Å². The van der Waals surface area contributed by atoms with E-state index in [4.69, 9.17) is 0 Å². The monoisotopic (exact) mass is 1010 g/mol. The Morgan fingerprint density at radius 2 is 0.833 bits per heavy atom. The summed E-state index contributed by atoms with van der Waals surface area (Å²) in [5.74, 6) is 99.2. The van der Waals surface area contributed by atoms with Crippen molar-refractivity contribution in [2.75, 3.05) is 4.90 Å². The van der Waals surface area contributed by atoms with Crippen molar-refractivity contribution < 1.29 is 0 Å². The highest BCUT2D eigenvalue weighted by atomic mass is 15.2. The van der Waals surface area contributed by atoms with Crippen molar-refractivity contribution in [3.8, 4) is 213 Å². The molecule has 1 fully saturated rings. The van der Waals surface area contributed by atoms with Crippen molar-refractivity contribution in [1.29, 1.82) is 0 Å². The van der Waals surface area contributed by atoms with Crippen molar-refractivity contribution in [3.05, 3.63) is 65.2 Å². The van der Waals surface area contributed by atoms with Gasteiger partial charge in [-0.15, -0.1) is 17.8 Å². The number of nitrogens with zero attached hydrogens (tertiary/aromatic N) is 1. The van der Waals surface area contributed by atoms with Gasteiger partial charge >= 0.3 is 0 Å². The van der Waals surface area contributed by atoms with Crippen LogP contribution < -0.4 is 4.90 Å². The van der Waals surface area contributed by atoms with E-state index in [-0.39, 0.29) is 5.54 Å². The van der Waals surface area contributed by atoms with Crippen LogP contribution in [0.25, 0.3) is 0 Å². The van der Waals surface area contributed by atoms with Crippen LogP contribution in [-0.4, -0.2) is 5.54 Å². The fourth-order valence-corrected chi connectivity index (χ4v) is 8.22. The van der Waals surface area contributed by atoms with Crippen molar-refractivity contribution in [2.45, 2.75) is 152 Å². The highest BCUT2D eigenvalue weighted by Gasteiger charge is 2.49. The van der Waals surface area contributed by atoms with E-state index in [1.807, 2.05) is 0 Å². The van der Waals surface area contributed by atoms with Gasteiger partial charge in [-0.2, -0.15) is 0 Å². The summed E-state index contributed by atoms with van der Waals surface area (Å²) in [7, 11) is 0. The summed E-state index contributed by atoms with van der Waals surface area (Å²) in [5, 5.41) is 0. The summed E-state index contributed by atoms with van der Waals surface area (Å²) in [6, 6.07) is 16.9. The molecule has 4 aliphatic rings. The minimum Gasteiger partial charge on any atom is -0.361 e. The topological polar surface area (TPSA) is 3.24 Å². The third-order valence-electron chi connectivity index (χ3n) is 11.9. The van der Waals surface area contributed by atoms with Crippen LogP contribution in [-0.2, 0) is 6.54 Å². The first-order valence-electron chi connectivity index (χ1n) is 26.4. The molecule has 1 saturated carbocycles. The molecule has 3 aliphatic carbocycles. The molecule has 4 atom stereocenters. The molecule has 0 amide bonds. The molecule has 6 rings (SSSR count). The zero-order valence-electron chi connectivity index (χ0n) is 47.7. The molecule has 1 heteroatoms. The number of benzene rings is 2. The van der Waals surface area contributed by atoms with E-state index in [0.29, 0.717) is 16.7 Å². The molecule has 2 aromatic carbocycles. The van der Waals surface area contributed by atoms with Gasteiger partial charge in [0.15, 0.2) is 0 Å². The van der Waals surface area contributed by atoms with Crippen molar-refractivity contribution in [2.24, 2.45) is 34.5 Å². The lowest BCUT2D eigenvalue weighted by molar-refractivity contribution is 0.279. The molecule has 0 spiro atoms. The minimum absolute atomic E-state index is 0.0578. The van der Waals surface area contributed by atoms with Crippen LogP contribution in [0.3, 0.4) is 0 Å². The summed E-state index contributed by atoms with van der Waals surface area (Å²) in [4.78, 5) is 2.44. The Morgan fingerprint density at radius 3 is 1.24 bits per heavy atom. The summed E-state index contributed by atoms with van der Waals surface area (Å²) in [6.07, 6.45) is 13.0. The minimum atomic E-state index is 0.0578. The van der Waals surface area contributed by atoms with Crippen LogP contribution in [0.5, 0.6) is 0 Å². The van der Waals surface area contributed by atoms with Gasteiger partial charge in [0.2, 0.25) is 0 Å². The number of rotatable bonds is 1. The van der Waals surface area contributed by atoms with Crippen LogP contribution >= 0.6 is 0 Å². The molecule has 0 N–H and O–H groups in total. The zero-order valence-corrected chi connectivity index (χ0v) is 47.7. The standard InChI is InChI=1S/C32H6.C19H19N.C14H22.C12H20/c1-3-5-7-9-11-13-15-17-19-21-23-25-27-29-31-32-30-28-26-24-22-20-18-16-14-12-10-8-6-4-2;1-19(2,3)20-14-17-10-5-4-8-15(17)12-13-16-9-6-7-11-18(16)20;1-14(2,3)10-13-11-8-6-4-5-7-9-12(11)13;1-12(2,3)11-9-7-5-4-6-8-10-11/h1-2H3;4-11H,14H2,1-3H3;11-13H,6-10H2,1-3H3;11H,4-7,9H2,1-3H3/t;;11-,12+,13?;. The Morgan fingerprint density at radius 1 is 0.436 bits per heavy atom. The predicted molar refractivity (Wildman–Crippen MR) is 327 cm³/mol. The molecule has 78 heavy (non-hydrogen) atoms. The second-order valence-corrected chi connectivity index (χ2v) is 21.2. The van der Waals surface area contributed by atoms with Gasteiger partial charge < -0.3 is 4.90 Å². The van der Waals surface area contributed by atoms with Crippen LogP contribution in [0.1, 0.15) is 157 Å². The molecule has 0 aromatic heterocycles. The fourth-order valence-electron chi connectivity index (χ4n) is 8.22. The molecule has 1 nitrogen and oxygen atoms in total. The quantitative estimate of drug-likeness (QED) is 0.257. The fraction of sp³-hybridized carbons (Fsp3) is 0.377. The first-order chi connectivity index (χ1) is 37.7. The van der Waals surface area contributed by atoms with Crippen molar-refractivity contribution in [3.63, 3.8) is 0 Å². The molecule has 2 unspecified atom stereocenters. The molecule has 0 saturated heterocycles. The third-order valence-corrected chi connectivity index (χ3v) is 11.9. The average Bonchev–Trinajstić information content (AvgIpc) is 4.05. The van der Waals surface area contributed by atoms with E-state index >= 15 is 0 Å². The van der Waals surface area contributed by atoms with E-state index in [2.05, 4.69) is 329 Å². The Labute approximate surface area is 473 Å². The van der Waals surface area contributed by atoms with Crippen LogP contribution in [0, 0.1) is 248 Å². The molecular weight excluding hydrogens is 939 g/mol. The molecule has 0 radical (unpaired) electrons. The maximum Gasteiger partial charge on any atom is 0.0532 e. The molecule has 0 bridgehead atoms. The largest absolute Gasteiger partial charge is 0.361 e. The Balaban J connectivity index is 0.000000294. The number of hydrogen-bond acceptors (Lipinski definition) is 1. The van der Waals surface area contributed by atoms with E-state index in [1.165, 1.54) is 56.2 Å². The number of fused-ring (bicyclic) bond motifs is 3. The summed E-state index contributed by atoms with van der Waals surface area (Å²) < 4.78 is 0. The van der Waals surface area contributed by atoms with Gasteiger partial charge in [-0.05, 0) is 214 Å². The number of hydrogen-bond donors (Lipinski definition) is 0. The van der Waals surface area contributed by atoms with E-state index in [0.717, 1.165) is 54.7 Å². The molecule has 2 aromatic rings. The maximum absolute atomic E-state index is 3.41. The van der Waals surface area contributed by atoms with E-state index in [1.54, 1.807) is 13.8 Å². The molecule has 380 valence electrons. The smallest absolute Gasteiger partial charge is 0.0532 e. The second kappa shape index (κ2) is 36.3. The first-order valence-corrected chi connectivity index (χ1v) is 26.4. The van der Waals surface area contributed by atoms with Crippen LogP contribution in [0.15, 0.2) is 48.5 Å². The van der Waals surface area contributed by atoms with Gasteiger partial charge in [-0.25, -0.2) is 0 Å². The second-order valence-electron chi connectivity index (χ2n) is 21.2. The summed E-state index contributed by atoms with van der Waals surface area (Å²) in [5.41, 5.74) is 5.72. The normalized spacial score (nSPS) is 15.4. The van der Waals surface area contributed by atoms with Gasteiger partial charge in [0.1, 0.15) is 0 Å². The van der Waals surface area contributed by atoms with Gasteiger partial charge in [-0.3, -0.25) is 0 Å². The van der Waals surface area contributed by atoms with Crippen LogP contribution in [0.2, 0.25) is 0 Å². The van der Waals surface area contributed by atoms with Crippen LogP contribution in [0.4, 0.5) is 5.69 Å². The Hall–Kier alpha value is -9.68. The first kappa shape index (κ1) is 62.6. The summed E-state index contributed by atoms with van der Waals surface area (Å²) >= 11 is 0. The molecular formula is C77H67N. The number of anilines is 1. The predicted octanol–water partition coefficient (Wildman–Crippen LogP) is 12.8. The van der Waals surface area contributed by atoms with Crippen molar-refractivity contribution in [1.82, 2.24) is 0 Å². The highest BCUT2D eigenvalue weighted by Crippen LogP contribution is 2.56. The third kappa shape index (κ3) is 28.1. The van der Waals surface area contributed by atoms with Crippen molar-refractivity contribution >= 4 is 5.69 Å². The summed E-state index contributed by atoms with van der Waals surface area (Å²) in [6.45, 7) is 25.0. The van der Waals surface area contributed by atoms with Gasteiger partial charge in [0.05, 0.1) is 5.69 Å². The van der Waals surface area contributed by atoms with E-state index in [9.17, 15) is 0 Å². The maximum atomic E-state index is 3.41. The molecule has 1 heterocycles. The lowest BCUT2D eigenvalue weighted by Gasteiger charge is -2.39. The lowest BCUT2D eigenvalue weighted by Crippen LogP contribution is -2.41.